The summed E-state index contributed by atoms with van der Waals surface area (Å²) in [5, 5.41) is 0. The maximum atomic E-state index is 12.1. The molecule has 2 heterocycles. The van der Waals surface area contributed by atoms with Crippen molar-refractivity contribution in [2.45, 2.75) is 6.92 Å². The van der Waals surface area contributed by atoms with E-state index in [0.717, 1.165) is 5.56 Å². The van der Waals surface area contributed by atoms with Crippen LogP contribution in [-0.2, 0) is 0 Å². The predicted molar refractivity (Wildman–Crippen MR) is 85.1 cm³/mol. The van der Waals surface area contributed by atoms with Crippen LogP contribution in [0.1, 0.15) is 21.7 Å². The largest absolute Gasteiger partial charge is 0.382 e. The number of ketones is 1. The Morgan fingerprint density at radius 1 is 1.14 bits per heavy atom. The molecule has 3 rings (SSSR count). The number of benzene rings is 1. The fourth-order valence-electron chi connectivity index (χ4n) is 2.00. The van der Waals surface area contributed by atoms with Gasteiger partial charge in [-0.3, -0.25) is 4.79 Å². The smallest absolute Gasteiger partial charge is 0.224 e. The zero-order valence-electron chi connectivity index (χ0n) is 11.9. The number of carbonyl (C=O) groups excluding carboxylic acids is 1. The standard InChI is InChI=1S/C15H14N6O/c1-8-2-4-9(5-3-8)10(22)6-7-11-18-12-13(16)20-15(17)21-14(12)19-11/h2-7H,1H3,(H5,16,17,18,19,20,21)/b7-6+. The van der Waals surface area contributed by atoms with Crippen LogP contribution in [0.4, 0.5) is 11.8 Å². The summed E-state index contributed by atoms with van der Waals surface area (Å²) in [6.45, 7) is 1.97. The number of anilines is 2. The highest BCUT2D eigenvalue weighted by Crippen LogP contribution is 2.16. The van der Waals surface area contributed by atoms with Gasteiger partial charge in [-0.25, -0.2) is 4.98 Å². The lowest BCUT2D eigenvalue weighted by Gasteiger charge is -1.96. The molecule has 0 unspecified atom stereocenters. The Morgan fingerprint density at radius 2 is 1.86 bits per heavy atom. The molecule has 0 amide bonds. The number of carbonyl (C=O) groups is 1. The molecule has 0 saturated carbocycles. The fourth-order valence-corrected chi connectivity index (χ4v) is 2.00. The summed E-state index contributed by atoms with van der Waals surface area (Å²) >= 11 is 0. The van der Waals surface area contributed by atoms with Crippen LogP contribution in [0.15, 0.2) is 30.3 Å². The lowest BCUT2D eigenvalue weighted by atomic mass is 10.1. The molecule has 0 aliphatic rings. The van der Waals surface area contributed by atoms with Crippen LogP contribution in [0.5, 0.6) is 0 Å². The van der Waals surface area contributed by atoms with E-state index in [-0.39, 0.29) is 17.5 Å². The number of nitrogens with two attached hydrogens (primary N) is 2. The first-order chi connectivity index (χ1) is 10.5. The third-order valence-electron chi connectivity index (χ3n) is 3.14. The van der Waals surface area contributed by atoms with E-state index < -0.39 is 0 Å². The maximum absolute atomic E-state index is 12.1. The Labute approximate surface area is 126 Å². The van der Waals surface area contributed by atoms with E-state index in [1.165, 1.54) is 6.08 Å². The fraction of sp³-hybridized carbons (Fsp3) is 0.0667. The summed E-state index contributed by atoms with van der Waals surface area (Å²) in [7, 11) is 0. The predicted octanol–water partition coefficient (Wildman–Crippen LogP) is 1.72. The number of nitrogens with one attached hydrogen (secondary N) is 1. The first-order valence-electron chi connectivity index (χ1n) is 6.61. The minimum absolute atomic E-state index is 0.0581. The summed E-state index contributed by atoms with van der Waals surface area (Å²) in [5.41, 5.74) is 13.8. The molecule has 110 valence electrons. The number of nitrogens with zero attached hydrogens (tertiary/aromatic N) is 3. The number of allylic oxidation sites excluding steroid dienone is 1. The summed E-state index contributed by atoms with van der Waals surface area (Å²) in [6.07, 6.45) is 3.01. The van der Waals surface area contributed by atoms with Crippen LogP contribution in [0.3, 0.4) is 0 Å². The third kappa shape index (κ3) is 2.64. The number of aryl methyl sites for hydroxylation is 1. The number of imidazole rings is 1. The summed E-state index contributed by atoms with van der Waals surface area (Å²) in [5.74, 6) is 0.628. The number of nitrogen functional groups attached to an aromatic ring is 2. The molecule has 0 spiro atoms. The van der Waals surface area contributed by atoms with Gasteiger partial charge in [-0.15, -0.1) is 0 Å². The molecule has 0 atom stereocenters. The SMILES string of the molecule is Cc1ccc(C(=O)/C=C/c2nc3nc(N)nc(N)c3[nH]2)cc1. The zero-order chi connectivity index (χ0) is 15.7. The average Bonchev–Trinajstić information content (AvgIpc) is 2.89. The van der Waals surface area contributed by atoms with Gasteiger partial charge in [0.1, 0.15) is 11.3 Å². The third-order valence-corrected chi connectivity index (χ3v) is 3.14. The maximum Gasteiger partial charge on any atom is 0.224 e. The first kappa shape index (κ1) is 13.7. The van der Waals surface area contributed by atoms with Gasteiger partial charge in [0.25, 0.3) is 0 Å². The van der Waals surface area contributed by atoms with Crippen molar-refractivity contribution in [1.82, 2.24) is 19.9 Å². The van der Waals surface area contributed by atoms with Crippen molar-refractivity contribution < 1.29 is 4.79 Å². The van der Waals surface area contributed by atoms with Gasteiger partial charge in [0.05, 0.1) is 0 Å². The molecule has 1 aromatic carbocycles. The van der Waals surface area contributed by atoms with E-state index in [0.29, 0.717) is 22.6 Å². The van der Waals surface area contributed by atoms with Crippen molar-refractivity contribution in [3.8, 4) is 0 Å². The molecule has 3 aromatic rings. The second-order valence-corrected chi connectivity index (χ2v) is 4.85. The molecule has 0 aliphatic carbocycles. The van der Waals surface area contributed by atoms with Gasteiger partial charge in [0.2, 0.25) is 5.95 Å². The molecule has 0 bridgehead atoms. The first-order valence-corrected chi connectivity index (χ1v) is 6.61. The zero-order valence-corrected chi connectivity index (χ0v) is 11.9. The lowest BCUT2D eigenvalue weighted by Crippen LogP contribution is -1.99. The number of hydrogen-bond acceptors (Lipinski definition) is 6. The molecule has 0 fully saturated rings. The molecular formula is C15H14N6O. The summed E-state index contributed by atoms with van der Waals surface area (Å²) in [6, 6.07) is 7.35. The molecular weight excluding hydrogens is 280 g/mol. The Balaban J connectivity index is 1.87. The van der Waals surface area contributed by atoms with Crippen molar-refractivity contribution in [1.29, 1.82) is 0 Å². The Morgan fingerprint density at radius 3 is 2.59 bits per heavy atom. The highest BCUT2D eigenvalue weighted by Gasteiger charge is 2.08. The average molecular weight is 294 g/mol. The summed E-state index contributed by atoms with van der Waals surface area (Å²) < 4.78 is 0. The van der Waals surface area contributed by atoms with Crippen LogP contribution in [-0.4, -0.2) is 25.7 Å². The van der Waals surface area contributed by atoms with Crippen LogP contribution < -0.4 is 11.5 Å². The monoisotopic (exact) mass is 294 g/mol. The van der Waals surface area contributed by atoms with Gasteiger partial charge < -0.3 is 16.5 Å². The topological polar surface area (TPSA) is 124 Å². The molecule has 2 aromatic heterocycles. The normalized spacial score (nSPS) is 11.3. The summed E-state index contributed by atoms with van der Waals surface area (Å²) in [4.78, 5) is 27.1. The van der Waals surface area contributed by atoms with Crippen molar-refractivity contribution in [3.05, 3.63) is 47.3 Å². The van der Waals surface area contributed by atoms with Crippen molar-refractivity contribution in [2.24, 2.45) is 0 Å². The Kier molecular flexibility index (Phi) is 3.30. The second kappa shape index (κ2) is 5.28. The van der Waals surface area contributed by atoms with Crippen LogP contribution in [0, 0.1) is 6.92 Å². The van der Waals surface area contributed by atoms with Crippen molar-refractivity contribution in [2.75, 3.05) is 11.5 Å². The Hall–Kier alpha value is -3.22. The number of H-pyrrole nitrogens is 1. The van der Waals surface area contributed by atoms with E-state index >= 15 is 0 Å². The minimum atomic E-state index is -0.112. The van der Waals surface area contributed by atoms with Crippen LogP contribution in [0.2, 0.25) is 0 Å². The van der Waals surface area contributed by atoms with E-state index in [9.17, 15) is 4.79 Å². The Bertz CT molecular complexity index is 879. The van der Waals surface area contributed by atoms with Gasteiger partial charge in [-0.2, -0.15) is 9.97 Å². The highest BCUT2D eigenvalue weighted by atomic mass is 16.1. The van der Waals surface area contributed by atoms with Crippen molar-refractivity contribution >= 4 is 34.8 Å². The van der Waals surface area contributed by atoms with Gasteiger partial charge in [-0.1, -0.05) is 29.8 Å². The van der Waals surface area contributed by atoms with Crippen molar-refractivity contribution in [3.63, 3.8) is 0 Å². The van der Waals surface area contributed by atoms with Crippen LogP contribution in [0.25, 0.3) is 17.2 Å². The number of fused-ring (bicyclic) bond motifs is 1. The molecule has 0 aliphatic heterocycles. The molecule has 7 nitrogen and oxygen atoms in total. The number of aromatic nitrogens is 4. The van der Waals surface area contributed by atoms with Crippen LogP contribution >= 0.6 is 0 Å². The second-order valence-electron chi connectivity index (χ2n) is 4.85. The van der Waals surface area contributed by atoms with E-state index in [2.05, 4.69) is 19.9 Å². The number of hydrogen-bond donors (Lipinski definition) is 3. The molecule has 22 heavy (non-hydrogen) atoms. The molecule has 0 saturated heterocycles. The number of aromatic amines is 1. The lowest BCUT2D eigenvalue weighted by molar-refractivity contribution is 0.104. The van der Waals surface area contributed by atoms with Gasteiger partial charge >= 0.3 is 0 Å². The number of rotatable bonds is 3. The van der Waals surface area contributed by atoms with E-state index in [1.54, 1.807) is 18.2 Å². The van der Waals surface area contributed by atoms with Gasteiger partial charge in [-0.05, 0) is 19.1 Å². The quantitative estimate of drug-likeness (QED) is 0.499. The van der Waals surface area contributed by atoms with E-state index in [4.69, 9.17) is 11.5 Å². The molecule has 7 heteroatoms. The molecule has 5 N–H and O–H groups in total. The molecule has 0 radical (unpaired) electrons. The minimum Gasteiger partial charge on any atom is -0.382 e. The van der Waals surface area contributed by atoms with Gasteiger partial charge in [0.15, 0.2) is 17.2 Å². The highest BCUT2D eigenvalue weighted by molar-refractivity contribution is 6.06. The van der Waals surface area contributed by atoms with E-state index in [1.807, 2.05) is 19.1 Å². The van der Waals surface area contributed by atoms with Gasteiger partial charge in [0, 0.05) is 5.56 Å².